The van der Waals surface area contributed by atoms with E-state index < -0.39 is 19.9 Å². The summed E-state index contributed by atoms with van der Waals surface area (Å²) in [5.74, 6) is -0.834. The summed E-state index contributed by atoms with van der Waals surface area (Å²) >= 11 is 6.15. The number of pyridine rings is 2. The molecule has 0 aromatic carbocycles. The smallest absolute Gasteiger partial charge is 0.314 e. The second kappa shape index (κ2) is 11.2. The van der Waals surface area contributed by atoms with Crippen molar-refractivity contribution < 1.29 is 14.3 Å². The van der Waals surface area contributed by atoms with Gasteiger partial charge in [-0.2, -0.15) is 5.10 Å². The van der Waals surface area contributed by atoms with Crippen molar-refractivity contribution in [3.05, 3.63) is 41.4 Å². The number of halogens is 1. The Morgan fingerprint density at radius 2 is 2.00 bits per heavy atom. The van der Waals surface area contributed by atoms with Gasteiger partial charge >= 0.3 is 11.8 Å². The van der Waals surface area contributed by atoms with Crippen molar-refractivity contribution in [1.29, 1.82) is 0 Å². The minimum absolute atomic E-state index is 0.196. The number of piperidine rings is 1. The molecule has 10 nitrogen and oxygen atoms in total. The molecular formula is C25H34ClN7O3Si. The van der Waals surface area contributed by atoms with E-state index in [9.17, 15) is 9.59 Å². The molecule has 2 atom stereocenters. The molecule has 1 fully saturated rings. The Morgan fingerprint density at radius 1 is 1.22 bits per heavy atom. The normalized spacial score (nSPS) is 18.2. The number of nitrogens with one attached hydrogen (secondary N) is 1. The number of likely N-dealkylation sites (tertiary alicyclic amines) is 1. The van der Waals surface area contributed by atoms with Gasteiger partial charge in [-0.1, -0.05) is 38.2 Å². The third kappa shape index (κ3) is 6.46. The number of hydrogen-bond donors (Lipinski definition) is 2. The highest BCUT2D eigenvalue weighted by molar-refractivity contribution is 6.76. The second-order valence-corrected chi connectivity index (χ2v) is 16.9. The lowest BCUT2D eigenvalue weighted by Crippen LogP contribution is -2.46. The summed E-state index contributed by atoms with van der Waals surface area (Å²) in [7, 11) is -1.24. The number of carbonyl (C=O) groups excluding carboxylic acids is 2. The highest BCUT2D eigenvalue weighted by Crippen LogP contribution is 2.34. The fourth-order valence-electron chi connectivity index (χ4n) is 4.48. The van der Waals surface area contributed by atoms with E-state index in [1.54, 1.807) is 34.2 Å². The van der Waals surface area contributed by atoms with E-state index in [0.29, 0.717) is 34.8 Å². The zero-order chi connectivity index (χ0) is 26.7. The van der Waals surface area contributed by atoms with Crippen molar-refractivity contribution in [3.8, 4) is 0 Å². The molecule has 0 saturated carbocycles. The van der Waals surface area contributed by atoms with Crippen LogP contribution in [-0.4, -0.2) is 57.7 Å². The lowest BCUT2D eigenvalue weighted by atomic mass is 9.90. The van der Waals surface area contributed by atoms with Gasteiger partial charge in [0.2, 0.25) is 0 Å². The number of fused-ring (bicyclic) bond motifs is 1. The molecule has 1 saturated heterocycles. The number of aromatic nitrogens is 4. The van der Waals surface area contributed by atoms with Crippen LogP contribution in [0.5, 0.6) is 0 Å². The Morgan fingerprint density at radius 3 is 2.73 bits per heavy atom. The summed E-state index contributed by atoms with van der Waals surface area (Å²) in [6.45, 7) is 10.2. The van der Waals surface area contributed by atoms with Gasteiger partial charge in [0.05, 0.1) is 40.0 Å². The maximum absolute atomic E-state index is 13.4. The third-order valence-electron chi connectivity index (χ3n) is 6.54. The number of nitrogens with two attached hydrogens (primary N) is 1. The first-order chi connectivity index (χ1) is 17.5. The van der Waals surface area contributed by atoms with Crippen LogP contribution in [0.3, 0.4) is 0 Å². The fraction of sp³-hybridized carbons (Fsp3) is 0.480. The third-order valence-corrected chi connectivity index (χ3v) is 8.46. The SMILES string of the molecule is C[C@H]1CC[C@H](c2cncc(Cl)c2)N(C(=O)C(=O)Nc2cnc(N)c3cnn(COCC[Si](C)(C)C)c23)C1. The van der Waals surface area contributed by atoms with E-state index in [0.717, 1.165) is 24.4 Å². The van der Waals surface area contributed by atoms with Crippen LogP contribution in [-0.2, 0) is 21.1 Å². The Kier molecular flexibility index (Phi) is 8.15. The predicted molar refractivity (Wildman–Crippen MR) is 147 cm³/mol. The zero-order valence-electron chi connectivity index (χ0n) is 21.7. The van der Waals surface area contributed by atoms with Gasteiger partial charge in [-0.25, -0.2) is 9.67 Å². The largest absolute Gasteiger partial charge is 0.383 e. The number of carbonyl (C=O) groups is 2. The van der Waals surface area contributed by atoms with Crippen LogP contribution in [0.2, 0.25) is 30.7 Å². The molecular weight excluding hydrogens is 510 g/mol. The minimum Gasteiger partial charge on any atom is -0.383 e. The van der Waals surface area contributed by atoms with Gasteiger partial charge in [-0.05, 0) is 36.4 Å². The van der Waals surface area contributed by atoms with Crippen LogP contribution in [0.25, 0.3) is 10.9 Å². The standard InChI is InChI=1S/C25H34ClN7O3Si/c1-16-5-6-21(17-9-18(26)11-28-10-17)32(14-16)25(35)24(34)31-20-13-29-23(27)19-12-30-33(22(19)20)15-36-7-8-37(2,3)4/h9-13,16,21H,5-8,14-15H2,1-4H3,(H2,27,29)(H,31,34)/t16-,21+/m0/s1. The molecule has 2 amide bonds. The number of anilines is 2. The van der Waals surface area contributed by atoms with Gasteiger partial charge in [0.25, 0.3) is 0 Å². The Bertz CT molecular complexity index is 1290. The molecule has 3 N–H and O–H groups in total. The maximum Gasteiger partial charge on any atom is 0.314 e. The fourth-order valence-corrected chi connectivity index (χ4v) is 5.42. The molecule has 1 aliphatic heterocycles. The summed E-state index contributed by atoms with van der Waals surface area (Å²) < 4.78 is 7.48. The van der Waals surface area contributed by atoms with Gasteiger partial charge in [0.15, 0.2) is 0 Å². The molecule has 1 aliphatic rings. The number of hydrogen-bond acceptors (Lipinski definition) is 7. The van der Waals surface area contributed by atoms with Crippen LogP contribution in [0, 0.1) is 5.92 Å². The highest BCUT2D eigenvalue weighted by atomic mass is 35.5. The lowest BCUT2D eigenvalue weighted by molar-refractivity contribution is -0.146. The van der Waals surface area contributed by atoms with E-state index in [1.165, 1.54) is 6.20 Å². The highest BCUT2D eigenvalue weighted by Gasteiger charge is 2.35. The molecule has 0 spiro atoms. The molecule has 0 unspecified atom stereocenters. The molecule has 4 heterocycles. The molecule has 0 aliphatic carbocycles. The number of rotatable bonds is 7. The van der Waals surface area contributed by atoms with Crippen molar-refractivity contribution in [2.75, 3.05) is 24.2 Å². The van der Waals surface area contributed by atoms with Gasteiger partial charge in [-0.15, -0.1) is 0 Å². The number of nitrogens with zero attached hydrogens (tertiary/aromatic N) is 5. The predicted octanol–water partition coefficient (Wildman–Crippen LogP) is 4.31. The Balaban J connectivity index is 1.55. The first-order valence-electron chi connectivity index (χ1n) is 12.4. The first-order valence-corrected chi connectivity index (χ1v) is 16.5. The maximum atomic E-state index is 13.4. The molecule has 4 rings (SSSR count). The molecule has 3 aromatic rings. The quantitative estimate of drug-likeness (QED) is 0.258. The lowest BCUT2D eigenvalue weighted by Gasteiger charge is -2.38. The summed E-state index contributed by atoms with van der Waals surface area (Å²) in [6, 6.07) is 2.53. The van der Waals surface area contributed by atoms with Crippen molar-refractivity contribution in [3.63, 3.8) is 0 Å². The van der Waals surface area contributed by atoms with Crippen molar-refractivity contribution in [2.45, 2.75) is 58.2 Å². The van der Waals surface area contributed by atoms with Gasteiger partial charge in [0.1, 0.15) is 12.5 Å². The monoisotopic (exact) mass is 543 g/mol. The van der Waals surface area contributed by atoms with E-state index in [2.05, 4.69) is 46.9 Å². The van der Waals surface area contributed by atoms with Crippen LogP contribution >= 0.6 is 11.6 Å². The minimum atomic E-state index is -1.24. The zero-order valence-corrected chi connectivity index (χ0v) is 23.5. The molecule has 0 bridgehead atoms. The van der Waals surface area contributed by atoms with Crippen LogP contribution in [0.1, 0.15) is 31.4 Å². The summed E-state index contributed by atoms with van der Waals surface area (Å²) in [5.41, 5.74) is 7.78. The van der Waals surface area contributed by atoms with Crippen LogP contribution in [0.4, 0.5) is 11.5 Å². The van der Waals surface area contributed by atoms with Crippen molar-refractivity contribution in [1.82, 2.24) is 24.6 Å². The van der Waals surface area contributed by atoms with Crippen LogP contribution in [0.15, 0.2) is 30.9 Å². The number of ether oxygens (including phenoxy) is 1. The van der Waals surface area contributed by atoms with E-state index in [4.69, 9.17) is 22.1 Å². The first kappa shape index (κ1) is 27.0. The Hall–Kier alpha value is -3.02. The van der Waals surface area contributed by atoms with Crippen molar-refractivity contribution in [2.24, 2.45) is 5.92 Å². The molecule has 12 heteroatoms. The summed E-state index contributed by atoms with van der Waals surface area (Å²) in [6.07, 6.45) is 7.93. The average Bonchev–Trinajstić information content (AvgIpc) is 3.27. The Labute approximate surface area is 222 Å². The average molecular weight is 544 g/mol. The van der Waals surface area contributed by atoms with E-state index in [-0.39, 0.29) is 24.5 Å². The summed E-state index contributed by atoms with van der Waals surface area (Å²) in [5, 5.41) is 8.20. The van der Waals surface area contributed by atoms with Gasteiger partial charge in [-0.3, -0.25) is 14.6 Å². The second-order valence-electron chi connectivity index (χ2n) is 10.9. The molecule has 198 valence electrons. The topological polar surface area (TPSA) is 128 Å². The number of nitrogen functional groups attached to an aromatic ring is 1. The van der Waals surface area contributed by atoms with Crippen LogP contribution < -0.4 is 11.1 Å². The van der Waals surface area contributed by atoms with E-state index in [1.807, 2.05) is 0 Å². The molecule has 3 aromatic heterocycles. The number of amides is 2. The van der Waals surface area contributed by atoms with Crippen molar-refractivity contribution >= 4 is 53.9 Å². The van der Waals surface area contributed by atoms with Gasteiger partial charge < -0.3 is 20.7 Å². The van der Waals surface area contributed by atoms with Gasteiger partial charge in [0, 0.05) is 33.6 Å². The summed E-state index contributed by atoms with van der Waals surface area (Å²) in [4.78, 5) is 36.6. The molecule has 0 radical (unpaired) electrons. The van der Waals surface area contributed by atoms with E-state index >= 15 is 0 Å². The molecule has 37 heavy (non-hydrogen) atoms.